The van der Waals surface area contributed by atoms with Crippen molar-refractivity contribution in [3.05, 3.63) is 28.2 Å². The molecule has 0 bridgehead atoms. The van der Waals surface area contributed by atoms with Crippen molar-refractivity contribution in [3.63, 3.8) is 0 Å². The molecule has 0 atom stereocenters. The van der Waals surface area contributed by atoms with Crippen LogP contribution in [-0.2, 0) is 9.47 Å². The Hall–Kier alpha value is -1.11. The molecule has 0 heterocycles. The molecule has 1 rings (SSSR count). The van der Waals surface area contributed by atoms with Crippen molar-refractivity contribution in [1.82, 2.24) is 5.32 Å². The first-order chi connectivity index (χ1) is 9.13. The van der Waals surface area contributed by atoms with Crippen LogP contribution in [0.15, 0.2) is 22.7 Å². The molecule has 0 fully saturated rings. The third-order valence-electron chi connectivity index (χ3n) is 2.37. The van der Waals surface area contributed by atoms with E-state index in [4.69, 9.17) is 15.2 Å². The second-order valence-electron chi connectivity index (χ2n) is 3.99. The minimum atomic E-state index is -0.134. The third-order valence-corrected chi connectivity index (χ3v) is 2.82. The number of benzene rings is 1. The molecule has 0 aliphatic rings. The first-order valence-corrected chi connectivity index (χ1v) is 6.83. The molecule has 0 aliphatic heterocycles. The molecule has 0 saturated heterocycles. The summed E-state index contributed by atoms with van der Waals surface area (Å²) in [5.41, 5.74) is 6.78. The standard InChI is InChI=1S/C13H19BrN2O3/c1-18-5-6-19-4-2-3-16-13(17)10-7-11(14)9-12(15)8-10/h7-9H,2-6,15H2,1H3,(H,16,17). The molecule has 5 nitrogen and oxygen atoms in total. The Morgan fingerprint density at radius 3 is 2.79 bits per heavy atom. The summed E-state index contributed by atoms with van der Waals surface area (Å²) in [6.07, 6.45) is 0.763. The molecule has 0 spiro atoms. The van der Waals surface area contributed by atoms with Gasteiger partial charge in [-0.25, -0.2) is 0 Å². The van der Waals surface area contributed by atoms with E-state index in [1.54, 1.807) is 25.3 Å². The topological polar surface area (TPSA) is 73.6 Å². The van der Waals surface area contributed by atoms with Crippen LogP contribution >= 0.6 is 15.9 Å². The highest BCUT2D eigenvalue weighted by Crippen LogP contribution is 2.17. The van der Waals surface area contributed by atoms with E-state index in [1.807, 2.05) is 0 Å². The zero-order chi connectivity index (χ0) is 14.1. The van der Waals surface area contributed by atoms with E-state index in [9.17, 15) is 4.79 Å². The molecule has 0 unspecified atom stereocenters. The third kappa shape index (κ3) is 6.56. The summed E-state index contributed by atoms with van der Waals surface area (Å²) in [5.74, 6) is -0.134. The number of anilines is 1. The van der Waals surface area contributed by atoms with Gasteiger partial charge >= 0.3 is 0 Å². The zero-order valence-corrected chi connectivity index (χ0v) is 12.5. The molecular weight excluding hydrogens is 312 g/mol. The number of hydrogen-bond acceptors (Lipinski definition) is 4. The average Bonchev–Trinajstić information content (AvgIpc) is 2.36. The van der Waals surface area contributed by atoms with E-state index in [0.717, 1.165) is 10.9 Å². The van der Waals surface area contributed by atoms with Gasteiger partial charge in [-0.1, -0.05) is 15.9 Å². The Kier molecular flexibility index (Phi) is 7.47. The highest BCUT2D eigenvalue weighted by molar-refractivity contribution is 9.10. The van der Waals surface area contributed by atoms with Crippen LogP contribution in [0, 0.1) is 0 Å². The second-order valence-corrected chi connectivity index (χ2v) is 4.90. The minimum absolute atomic E-state index is 0.134. The second kappa shape index (κ2) is 8.90. The number of amides is 1. The normalized spacial score (nSPS) is 10.4. The highest BCUT2D eigenvalue weighted by atomic mass is 79.9. The van der Waals surface area contributed by atoms with E-state index < -0.39 is 0 Å². The Bertz CT molecular complexity index is 393. The first kappa shape index (κ1) is 15.9. The van der Waals surface area contributed by atoms with E-state index in [0.29, 0.717) is 37.6 Å². The SMILES string of the molecule is COCCOCCCNC(=O)c1cc(N)cc(Br)c1. The molecule has 0 aromatic heterocycles. The molecular formula is C13H19BrN2O3. The maximum Gasteiger partial charge on any atom is 0.251 e. The predicted molar refractivity (Wildman–Crippen MR) is 78.2 cm³/mol. The van der Waals surface area contributed by atoms with Gasteiger partial charge in [0.2, 0.25) is 0 Å². The van der Waals surface area contributed by atoms with Gasteiger partial charge in [0.15, 0.2) is 0 Å². The summed E-state index contributed by atoms with van der Waals surface area (Å²) in [5, 5.41) is 2.82. The minimum Gasteiger partial charge on any atom is -0.399 e. The summed E-state index contributed by atoms with van der Waals surface area (Å²) in [4.78, 5) is 11.8. The molecule has 6 heteroatoms. The lowest BCUT2D eigenvalue weighted by Crippen LogP contribution is -2.25. The fourth-order valence-electron chi connectivity index (χ4n) is 1.47. The van der Waals surface area contributed by atoms with Gasteiger partial charge in [-0.3, -0.25) is 4.79 Å². The van der Waals surface area contributed by atoms with Crippen molar-refractivity contribution in [2.45, 2.75) is 6.42 Å². The van der Waals surface area contributed by atoms with Crippen molar-refractivity contribution in [1.29, 1.82) is 0 Å². The van der Waals surface area contributed by atoms with Crippen LogP contribution in [-0.4, -0.2) is 39.4 Å². The summed E-state index contributed by atoms with van der Waals surface area (Å²) < 4.78 is 10.9. The van der Waals surface area contributed by atoms with Crippen LogP contribution in [0.2, 0.25) is 0 Å². The average molecular weight is 331 g/mol. The Morgan fingerprint density at radius 2 is 2.11 bits per heavy atom. The van der Waals surface area contributed by atoms with Gasteiger partial charge in [0.1, 0.15) is 0 Å². The Morgan fingerprint density at radius 1 is 1.32 bits per heavy atom. The number of methoxy groups -OCH3 is 1. The zero-order valence-electron chi connectivity index (χ0n) is 10.9. The molecule has 1 aromatic rings. The lowest BCUT2D eigenvalue weighted by Gasteiger charge is -2.07. The molecule has 3 N–H and O–H groups in total. The van der Waals surface area contributed by atoms with E-state index in [1.165, 1.54) is 0 Å². The Balaban J connectivity index is 2.24. The van der Waals surface area contributed by atoms with Crippen LogP contribution in [0.4, 0.5) is 5.69 Å². The van der Waals surface area contributed by atoms with Gasteiger partial charge in [-0.15, -0.1) is 0 Å². The van der Waals surface area contributed by atoms with Crippen molar-refractivity contribution in [2.24, 2.45) is 0 Å². The number of carbonyl (C=O) groups is 1. The van der Waals surface area contributed by atoms with Crippen molar-refractivity contribution in [2.75, 3.05) is 39.2 Å². The van der Waals surface area contributed by atoms with Crippen molar-refractivity contribution < 1.29 is 14.3 Å². The fourth-order valence-corrected chi connectivity index (χ4v) is 1.98. The number of nitrogens with two attached hydrogens (primary N) is 1. The number of rotatable bonds is 8. The van der Waals surface area contributed by atoms with Gasteiger partial charge in [0.25, 0.3) is 5.91 Å². The number of hydrogen-bond donors (Lipinski definition) is 2. The van der Waals surface area contributed by atoms with Crippen LogP contribution in [0.25, 0.3) is 0 Å². The summed E-state index contributed by atoms with van der Waals surface area (Å²) >= 11 is 3.31. The molecule has 19 heavy (non-hydrogen) atoms. The van der Waals surface area contributed by atoms with Crippen LogP contribution in [0.1, 0.15) is 16.8 Å². The van der Waals surface area contributed by atoms with Crippen LogP contribution in [0.3, 0.4) is 0 Å². The van der Waals surface area contributed by atoms with E-state index in [-0.39, 0.29) is 5.91 Å². The van der Waals surface area contributed by atoms with Gasteiger partial charge in [0.05, 0.1) is 13.2 Å². The number of nitrogen functional groups attached to an aromatic ring is 1. The lowest BCUT2D eigenvalue weighted by atomic mass is 10.2. The van der Waals surface area contributed by atoms with Gasteiger partial charge in [-0.05, 0) is 24.6 Å². The van der Waals surface area contributed by atoms with Gasteiger partial charge in [-0.2, -0.15) is 0 Å². The van der Waals surface area contributed by atoms with Gasteiger partial charge < -0.3 is 20.5 Å². The molecule has 0 aliphatic carbocycles. The molecule has 1 aromatic carbocycles. The number of ether oxygens (including phenoxy) is 2. The smallest absolute Gasteiger partial charge is 0.251 e. The lowest BCUT2D eigenvalue weighted by molar-refractivity contribution is 0.0688. The molecule has 0 saturated carbocycles. The monoisotopic (exact) mass is 330 g/mol. The largest absolute Gasteiger partial charge is 0.399 e. The quantitative estimate of drug-likeness (QED) is 0.563. The fraction of sp³-hybridized carbons (Fsp3) is 0.462. The maximum absolute atomic E-state index is 11.8. The Labute approximate surface area is 121 Å². The van der Waals surface area contributed by atoms with Gasteiger partial charge in [0, 0.05) is 36.0 Å². The predicted octanol–water partition coefficient (Wildman–Crippen LogP) is 1.81. The van der Waals surface area contributed by atoms with Crippen molar-refractivity contribution in [3.8, 4) is 0 Å². The van der Waals surface area contributed by atoms with Crippen LogP contribution < -0.4 is 11.1 Å². The molecule has 0 radical (unpaired) electrons. The number of carbonyl (C=O) groups excluding carboxylic acids is 1. The number of nitrogens with one attached hydrogen (secondary N) is 1. The maximum atomic E-state index is 11.8. The highest BCUT2D eigenvalue weighted by Gasteiger charge is 2.06. The number of halogens is 1. The van der Waals surface area contributed by atoms with Crippen LogP contribution in [0.5, 0.6) is 0 Å². The summed E-state index contributed by atoms with van der Waals surface area (Å²) in [6.45, 7) is 2.33. The molecule has 106 valence electrons. The van der Waals surface area contributed by atoms with E-state index in [2.05, 4.69) is 21.2 Å². The first-order valence-electron chi connectivity index (χ1n) is 6.04. The van der Waals surface area contributed by atoms with E-state index >= 15 is 0 Å². The summed E-state index contributed by atoms with van der Waals surface area (Å²) in [7, 11) is 1.63. The molecule has 1 amide bonds. The summed E-state index contributed by atoms with van der Waals surface area (Å²) in [6, 6.07) is 5.14. The van der Waals surface area contributed by atoms with Crippen molar-refractivity contribution >= 4 is 27.5 Å².